The van der Waals surface area contributed by atoms with E-state index in [0.29, 0.717) is 41.4 Å². The van der Waals surface area contributed by atoms with E-state index in [2.05, 4.69) is 39.8 Å². The molecule has 4 aliphatic carbocycles. The molecule has 0 aromatic rings. The van der Waals surface area contributed by atoms with E-state index < -0.39 is 5.79 Å². The van der Waals surface area contributed by atoms with Gasteiger partial charge >= 0.3 is 5.97 Å². The lowest BCUT2D eigenvalue weighted by atomic mass is 9.51. The summed E-state index contributed by atoms with van der Waals surface area (Å²) in [7, 11) is 1.60. The molecule has 4 nitrogen and oxygen atoms in total. The van der Waals surface area contributed by atoms with Crippen molar-refractivity contribution in [2.24, 2.45) is 58.2 Å². The molecule has 2 saturated heterocycles. The summed E-state index contributed by atoms with van der Waals surface area (Å²) in [6.07, 6.45) is 13.1. The van der Waals surface area contributed by atoms with Crippen LogP contribution in [-0.2, 0) is 19.0 Å². The largest absolute Gasteiger partial charge is 0.469 e. The van der Waals surface area contributed by atoms with Crippen LogP contribution < -0.4 is 0 Å². The maximum atomic E-state index is 13.6. The summed E-state index contributed by atoms with van der Waals surface area (Å²) < 4.78 is 18.9. The fourth-order valence-corrected chi connectivity index (χ4v) is 10.3. The van der Waals surface area contributed by atoms with Crippen LogP contribution in [0.25, 0.3) is 0 Å². The Morgan fingerprint density at radius 1 is 1.09 bits per heavy atom. The van der Waals surface area contributed by atoms with Gasteiger partial charge in [0, 0.05) is 12.3 Å². The summed E-state index contributed by atoms with van der Waals surface area (Å²) in [4.78, 5) is 13.6. The van der Waals surface area contributed by atoms with Crippen molar-refractivity contribution >= 4 is 5.97 Å². The maximum absolute atomic E-state index is 13.6. The van der Waals surface area contributed by atoms with Gasteiger partial charge in [-0.1, -0.05) is 39.8 Å². The molecule has 178 valence electrons. The van der Waals surface area contributed by atoms with Gasteiger partial charge in [0.2, 0.25) is 0 Å². The van der Waals surface area contributed by atoms with Gasteiger partial charge in [0.1, 0.15) is 0 Å². The summed E-state index contributed by atoms with van der Waals surface area (Å²) in [5.74, 6) is 3.15. The zero-order valence-electron chi connectivity index (χ0n) is 20.6. The van der Waals surface area contributed by atoms with E-state index in [0.717, 1.165) is 25.9 Å². The summed E-state index contributed by atoms with van der Waals surface area (Å²) >= 11 is 0. The SMILES string of the molecule is COC(=O)[C@H]1[C@H]2[C@@H](CC[C@H]3CC=CC[C@@]32C)[C@@H]2C[C@@H]3O[C@]4(CC[C@@H](C)CO4)[C@@H](C)[C@@H]3[C@]21C. The van der Waals surface area contributed by atoms with Gasteiger partial charge < -0.3 is 14.2 Å². The first-order chi connectivity index (χ1) is 15.3. The monoisotopic (exact) mass is 442 g/mol. The predicted octanol–water partition coefficient (Wildman–Crippen LogP) is 5.61. The Bertz CT molecular complexity index is 812. The van der Waals surface area contributed by atoms with Gasteiger partial charge in [0.25, 0.3) is 0 Å². The van der Waals surface area contributed by atoms with E-state index in [1.54, 1.807) is 7.11 Å². The zero-order chi connectivity index (χ0) is 22.5. The van der Waals surface area contributed by atoms with Crippen LogP contribution in [0, 0.1) is 58.2 Å². The number of esters is 1. The van der Waals surface area contributed by atoms with Gasteiger partial charge in [-0.3, -0.25) is 4.79 Å². The average Bonchev–Trinajstić information content (AvgIpc) is 3.31. The van der Waals surface area contributed by atoms with Crippen molar-refractivity contribution in [3.05, 3.63) is 12.2 Å². The molecule has 1 spiro atoms. The first kappa shape index (κ1) is 21.6. The highest BCUT2D eigenvalue weighted by Crippen LogP contribution is 2.76. The van der Waals surface area contributed by atoms with E-state index in [-0.39, 0.29) is 28.8 Å². The Balaban J connectivity index is 1.41. The first-order valence-corrected chi connectivity index (χ1v) is 13.3. The molecular formula is C28H42O4. The fourth-order valence-electron chi connectivity index (χ4n) is 10.3. The van der Waals surface area contributed by atoms with Crippen molar-refractivity contribution < 1.29 is 19.0 Å². The van der Waals surface area contributed by atoms with Gasteiger partial charge in [-0.15, -0.1) is 0 Å². The van der Waals surface area contributed by atoms with Crippen LogP contribution in [0.2, 0.25) is 0 Å². The van der Waals surface area contributed by atoms with Crippen LogP contribution in [0.4, 0.5) is 0 Å². The highest BCUT2D eigenvalue weighted by atomic mass is 16.7. The Hall–Kier alpha value is -0.870. The summed E-state index contributed by atoms with van der Waals surface area (Å²) in [6.45, 7) is 10.4. The van der Waals surface area contributed by atoms with Crippen molar-refractivity contribution in [1.29, 1.82) is 0 Å². The average molecular weight is 443 g/mol. The second kappa shape index (κ2) is 7.07. The van der Waals surface area contributed by atoms with E-state index in [1.807, 2.05) is 0 Å². The van der Waals surface area contributed by atoms with Gasteiger partial charge in [0.05, 0.1) is 25.7 Å². The number of carbonyl (C=O) groups excluding carboxylic acids is 1. The number of rotatable bonds is 1. The maximum Gasteiger partial charge on any atom is 0.309 e. The number of carbonyl (C=O) groups is 1. The molecule has 0 aromatic heterocycles. The molecule has 12 atom stereocenters. The van der Waals surface area contributed by atoms with Gasteiger partial charge in [-0.2, -0.15) is 0 Å². The molecule has 3 saturated carbocycles. The number of methoxy groups -OCH3 is 1. The third kappa shape index (κ3) is 2.55. The van der Waals surface area contributed by atoms with Crippen molar-refractivity contribution in [2.45, 2.75) is 84.5 Å². The smallest absolute Gasteiger partial charge is 0.309 e. The molecule has 0 radical (unpaired) electrons. The highest BCUT2D eigenvalue weighted by molar-refractivity contribution is 5.75. The van der Waals surface area contributed by atoms with Crippen LogP contribution in [0.3, 0.4) is 0 Å². The third-order valence-corrected chi connectivity index (χ3v) is 11.7. The lowest BCUT2D eigenvalue weighted by Crippen LogP contribution is -2.50. The number of hydrogen-bond donors (Lipinski definition) is 0. The molecule has 0 amide bonds. The normalized spacial score (nSPS) is 58.2. The lowest BCUT2D eigenvalue weighted by Gasteiger charge is -2.53. The van der Waals surface area contributed by atoms with Crippen LogP contribution in [-0.4, -0.2) is 31.6 Å². The van der Waals surface area contributed by atoms with Crippen LogP contribution >= 0.6 is 0 Å². The molecule has 0 bridgehead atoms. The van der Waals surface area contributed by atoms with Crippen LogP contribution in [0.1, 0.15) is 72.6 Å². The summed E-state index contributed by atoms with van der Waals surface area (Å²) in [5, 5.41) is 0. The Labute approximate surface area is 193 Å². The van der Waals surface area contributed by atoms with E-state index in [4.69, 9.17) is 14.2 Å². The summed E-state index contributed by atoms with van der Waals surface area (Å²) in [5.41, 5.74) is 0.137. The van der Waals surface area contributed by atoms with Gasteiger partial charge in [-0.05, 0) is 84.9 Å². The zero-order valence-corrected chi connectivity index (χ0v) is 20.6. The van der Waals surface area contributed by atoms with E-state index in [9.17, 15) is 4.79 Å². The Kier molecular flexibility index (Phi) is 4.78. The predicted molar refractivity (Wildman–Crippen MR) is 123 cm³/mol. The Morgan fingerprint density at radius 3 is 2.62 bits per heavy atom. The highest BCUT2D eigenvalue weighted by Gasteiger charge is 2.76. The number of ether oxygens (including phenoxy) is 3. The molecule has 2 heterocycles. The minimum absolute atomic E-state index is 0.0273. The topological polar surface area (TPSA) is 44.8 Å². The van der Waals surface area contributed by atoms with Gasteiger partial charge in [-0.25, -0.2) is 0 Å². The molecule has 32 heavy (non-hydrogen) atoms. The van der Waals surface area contributed by atoms with E-state index >= 15 is 0 Å². The Morgan fingerprint density at radius 2 is 1.91 bits per heavy atom. The van der Waals surface area contributed by atoms with E-state index in [1.165, 1.54) is 25.7 Å². The molecule has 0 aromatic carbocycles. The van der Waals surface area contributed by atoms with Crippen LogP contribution in [0.15, 0.2) is 12.2 Å². The number of hydrogen-bond acceptors (Lipinski definition) is 4. The minimum atomic E-state index is -0.440. The summed E-state index contributed by atoms with van der Waals surface area (Å²) in [6, 6.07) is 0. The second-order valence-corrected chi connectivity index (χ2v) is 12.8. The minimum Gasteiger partial charge on any atom is -0.469 e. The first-order valence-electron chi connectivity index (χ1n) is 13.3. The van der Waals surface area contributed by atoms with Crippen molar-refractivity contribution in [3.8, 4) is 0 Å². The molecule has 6 aliphatic rings. The van der Waals surface area contributed by atoms with Crippen molar-refractivity contribution in [3.63, 3.8) is 0 Å². The second-order valence-electron chi connectivity index (χ2n) is 12.8. The van der Waals surface area contributed by atoms with Crippen LogP contribution in [0.5, 0.6) is 0 Å². The molecule has 5 fully saturated rings. The molecule has 2 aliphatic heterocycles. The molecule has 4 heteroatoms. The fraction of sp³-hybridized carbons (Fsp3) is 0.893. The number of allylic oxidation sites excluding steroid dienone is 2. The quantitative estimate of drug-likeness (QED) is 0.391. The standard InChI is InChI=1S/C28H42O4/c1-16-11-13-28(31-15-16)17(2)22-21(32-28)14-20-19-10-9-18-8-6-7-12-26(18,3)23(19)24(25(29)30-5)27(20,22)4/h6-7,16-24H,8-15H2,1-5H3/t16-,17+,18-,19+,20+,21+,22+,23-,24-,26+,27+,28-/m1/s1. The molecule has 0 N–H and O–H groups in total. The lowest BCUT2D eigenvalue weighted by molar-refractivity contribution is -0.271. The number of fused-ring (bicyclic) bond motifs is 7. The van der Waals surface area contributed by atoms with Crippen molar-refractivity contribution in [1.82, 2.24) is 0 Å². The van der Waals surface area contributed by atoms with Crippen molar-refractivity contribution in [2.75, 3.05) is 13.7 Å². The van der Waals surface area contributed by atoms with Gasteiger partial charge in [0.15, 0.2) is 5.79 Å². The molecular weight excluding hydrogens is 400 g/mol. The molecule has 6 rings (SSSR count). The third-order valence-electron chi connectivity index (χ3n) is 11.7. The molecule has 0 unspecified atom stereocenters.